The summed E-state index contributed by atoms with van der Waals surface area (Å²) in [4.78, 5) is 6.38. The van der Waals surface area contributed by atoms with E-state index < -0.39 is 0 Å². The number of pyridine rings is 1. The number of hydrogen-bond acceptors (Lipinski definition) is 3. The van der Waals surface area contributed by atoms with Crippen molar-refractivity contribution in [1.29, 1.82) is 5.41 Å². The quantitative estimate of drug-likeness (QED) is 0.630. The van der Waals surface area contributed by atoms with Crippen LogP contribution in [0.25, 0.3) is 0 Å². The Balaban J connectivity index is 2.16. The summed E-state index contributed by atoms with van der Waals surface area (Å²) in [5.74, 6) is 0.207. The fraction of sp³-hybridized carbons (Fsp3) is 0.200. The fourth-order valence-corrected chi connectivity index (χ4v) is 2.37. The molecular weight excluding hydrogens is 316 g/mol. The van der Waals surface area contributed by atoms with Crippen molar-refractivity contribution >= 4 is 27.5 Å². The van der Waals surface area contributed by atoms with Crippen LogP contribution >= 0.6 is 15.9 Å². The van der Waals surface area contributed by atoms with E-state index in [-0.39, 0.29) is 5.84 Å². The Bertz CT molecular complexity index is 571. The first-order chi connectivity index (χ1) is 9.65. The van der Waals surface area contributed by atoms with Crippen molar-refractivity contribution in [1.82, 2.24) is 4.98 Å². The van der Waals surface area contributed by atoms with Gasteiger partial charge >= 0.3 is 0 Å². The summed E-state index contributed by atoms with van der Waals surface area (Å²) < 4.78 is 0.967. The molecule has 0 bridgehead atoms. The van der Waals surface area contributed by atoms with E-state index in [9.17, 15) is 0 Å². The topological polar surface area (TPSA) is 66.0 Å². The Kier molecular flexibility index (Phi) is 5.12. The van der Waals surface area contributed by atoms with Crippen LogP contribution in [0.1, 0.15) is 12.0 Å². The second-order valence-corrected chi connectivity index (χ2v) is 5.46. The molecule has 3 N–H and O–H groups in total. The van der Waals surface area contributed by atoms with Crippen LogP contribution in [0.15, 0.2) is 53.3 Å². The molecule has 104 valence electrons. The van der Waals surface area contributed by atoms with E-state index in [1.165, 1.54) is 0 Å². The van der Waals surface area contributed by atoms with E-state index in [2.05, 4.69) is 44.0 Å². The number of aromatic nitrogens is 1. The van der Waals surface area contributed by atoms with Crippen LogP contribution < -0.4 is 10.6 Å². The molecule has 0 aliphatic heterocycles. The average molecular weight is 333 g/mol. The molecule has 1 aromatic carbocycles. The van der Waals surface area contributed by atoms with Crippen LogP contribution in [-0.4, -0.2) is 17.4 Å². The maximum absolute atomic E-state index is 7.40. The molecule has 1 aromatic heterocycles. The molecule has 0 aliphatic carbocycles. The van der Waals surface area contributed by atoms with Gasteiger partial charge in [-0.15, -0.1) is 0 Å². The van der Waals surface area contributed by atoms with Crippen molar-refractivity contribution in [2.75, 3.05) is 11.4 Å². The molecule has 0 unspecified atom stereocenters. The number of para-hydroxylation sites is 1. The lowest BCUT2D eigenvalue weighted by atomic mass is 10.2. The van der Waals surface area contributed by atoms with Gasteiger partial charge in [-0.25, -0.2) is 0 Å². The minimum atomic E-state index is 0.207. The standard InChI is InChI=1S/C15H17BrN4/c16-13-8-12(9-19-10-13)11-20(7-6-15(17)18)14-4-2-1-3-5-14/h1-5,8-10H,6-7,11H2,(H3,17,18). The van der Waals surface area contributed by atoms with E-state index in [4.69, 9.17) is 11.1 Å². The van der Waals surface area contributed by atoms with Gasteiger partial charge in [0.1, 0.15) is 0 Å². The predicted octanol–water partition coefficient (Wildman–Crippen LogP) is 3.18. The largest absolute Gasteiger partial charge is 0.388 e. The summed E-state index contributed by atoms with van der Waals surface area (Å²) in [6.07, 6.45) is 4.18. The van der Waals surface area contributed by atoms with Crippen molar-refractivity contribution in [2.45, 2.75) is 13.0 Å². The smallest absolute Gasteiger partial charge is 0.0923 e. The van der Waals surface area contributed by atoms with Crippen LogP contribution in [0.3, 0.4) is 0 Å². The first-order valence-corrected chi connectivity index (χ1v) is 7.17. The Morgan fingerprint density at radius 3 is 2.65 bits per heavy atom. The van der Waals surface area contributed by atoms with E-state index in [1.807, 2.05) is 24.4 Å². The number of nitrogens with one attached hydrogen (secondary N) is 1. The SMILES string of the molecule is N=C(N)CCN(Cc1cncc(Br)c1)c1ccccc1. The van der Waals surface area contributed by atoms with E-state index in [0.717, 1.165) is 22.3 Å². The highest BCUT2D eigenvalue weighted by molar-refractivity contribution is 9.10. The summed E-state index contributed by atoms with van der Waals surface area (Å²) in [6.45, 7) is 1.45. The van der Waals surface area contributed by atoms with Crippen molar-refractivity contribution < 1.29 is 0 Å². The van der Waals surface area contributed by atoms with Gasteiger partial charge in [0.25, 0.3) is 0 Å². The number of halogens is 1. The predicted molar refractivity (Wildman–Crippen MR) is 86.0 cm³/mol. The molecule has 0 fully saturated rings. The Labute approximate surface area is 127 Å². The lowest BCUT2D eigenvalue weighted by Gasteiger charge is -2.24. The van der Waals surface area contributed by atoms with Crippen LogP contribution in [0, 0.1) is 5.41 Å². The van der Waals surface area contributed by atoms with Gasteiger partial charge in [0.15, 0.2) is 0 Å². The zero-order valence-electron chi connectivity index (χ0n) is 11.1. The molecule has 0 atom stereocenters. The molecule has 0 amide bonds. The lowest BCUT2D eigenvalue weighted by molar-refractivity contribution is 0.798. The van der Waals surface area contributed by atoms with Gasteiger partial charge in [0.05, 0.1) is 5.84 Å². The third-order valence-corrected chi connectivity index (χ3v) is 3.34. The normalized spacial score (nSPS) is 10.2. The molecule has 1 heterocycles. The number of hydrogen-bond donors (Lipinski definition) is 2. The summed E-state index contributed by atoms with van der Waals surface area (Å²) in [5.41, 5.74) is 7.71. The first-order valence-electron chi connectivity index (χ1n) is 6.37. The Hall–Kier alpha value is -1.88. The zero-order chi connectivity index (χ0) is 14.4. The molecular formula is C15H17BrN4. The fourth-order valence-electron chi connectivity index (χ4n) is 1.96. The first kappa shape index (κ1) is 14.5. The van der Waals surface area contributed by atoms with Crippen LogP contribution in [0.5, 0.6) is 0 Å². The van der Waals surface area contributed by atoms with E-state index >= 15 is 0 Å². The zero-order valence-corrected chi connectivity index (χ0v) is 12.7. The Morgan fingerprint density at radius 2 is 2.00 bits per heavy atom. The van der Waals surface area contributed by atoms with Crippen molar-refractivity contribution in [2.24, 2.45) is 5.73 Å². The molecule has 0 radical (unpaired) electrons. The minimum absolute atomic E-state index is 0.207. The number of benzene rings is 1. The summed E-state index contributed by atoms with van der Waals surface area (Å²) in [5, 5.41) is 7.40. The Morgan fingerprint density at radius 1 is 1.25 bits per heavy atom. The van der Waals surface area contributed by atoms with Crippen molar-refractivity contribution in [3.05, 3.63) is 58.8 Å². The van der Waals surface area contributed by atoms with Crippen molar-refractivity contribution in [3.63, 3.8) is 0 Å². The monoisotopic (exact) mass is 332 g/mol. The number of rotatable bonds is 6. The highest BCUT2D eigenvalue weighted by atomic mass is 79.9. The number of nitrogens with zero attached hydrogens (tertiary/aromatic N) is 2. The highest BCUT2D eigenvalue weighted by Gasteiger charge is 2.08. The lowest BCUT2D eigenvalue weighted by Crippen LogP contribution is -2.27. The molecule has 0 spiro atoms. The second-order valence-electron chi connectivity index (χ2n) is 4.54. The van der Waals surface area contributed by atoms with Crippen LogP contribution in [-0.2, 0) is 6.54 Å². The van der Waals surface area contributed by atoms with E-state index in [1.54, 1.807) is 6.20 Å². The molecule has 0 aliphatic rings. The average Bonchev–Trinajstić information content (AvgIpc) is 2.44. The van der Waals surface area contributed by atoms with Crippen LogP contribution in [0.2, 0.25) is 0 Å². The van der Waals surface area contributed by atoms with Crippen molar-refractivity contribution in [3.8, 4) is 0 Å². The number of nitrogens with two attached hydrogens (primary N) is 1. The second kappa shape index (κ2) is 7.05. The van der Waals surface area contributed by atoms with Gasteiger partial charge in [-0.2, -0.15) is 0 Å². The minimum Gasteiger partial charge on any atom is -0.388 e. The maximum Gasteiger partial charge on any atom is 0.0923 e. The van der Waals surface area contributed by atoms with Gasteiger partial charge in [0, 0.05) is 42.1 Å². The third-order valence-electron chi connectivity index (χ3n) is 2.91. The molecule has 5 heteroatoms. The molecule has 0 saturated heterocycles. The third kappa shape index (κ3) is 4.35. The van der Waals surface area contributed by atoms with E-state index in [0.29, 0.717) is 13.0 Å². The number of amidine groups is 1. The van der Waals surface area contributed by atoms with Gasteiger partial charge < -0.3 is 10.6 Å². The molecule has 2 rings (SSSR count). The summed E-state index contributed by atoms with van der Waals surface area (Å²) in [6, 6.07) is 12.2. The van der Waals surface area contributed by atoms with Gasteiger partial charge in [-0.05, 0) is 39.7 Å². The van der Waals surface area contributed by atoms with Gasteiger partial charge in [-0.3, -0.25) is 10.4 Å². The van der Waals surface area contributed by atoms with Crippen LogP contribution in [0.4, 0.5) is 5.69 Å². The molecule has 20 heavy (non-hydrogen) atoms. The highest BCUT2D eigenvalue weighted by Crippen LogP contribution is 2.18. The van der Waals surface area contributed by atoms with Gasteiger partial charge in [0.2, 0.25) is 0 Å². The summed E-state index contributed by atoms with van der Waals surface area (Å²) >= 11 is 3.44. The molecule has 0 saturated carbocycles. The van der Waals surface area contributed by atoms with Gasteiger partial charge in [-0.1, -0.05) is 18.2 Å². The molecule has 4 nitrogen and oxygen atoms in total. The number of anilines is 1. The maximum atomic E-state index is 7.40. The molecule has 2 aromatic rings. The summed E-state index contributed by atoms with van der Waals surface area (Å²) in [7, 11) is 0.